The summed E-state index contributed by atoms with van der Waals surface area (Å²) in [6.45, 7) is 9.68. The topological polar surface area (TPSA) is 52.0 Å². The minimum atomic E-state index is 0.669. The molecule has 0 aromatic heterocycles. The zero-order valence-electron chi connectivity index (χ0n) is 9.36. The highest BCUT2D eigenvalue weighted by Crippen LogP contribution is 2.34. The van der Waals surface area contributed by atoms with Gasteiger partial charge in [-0.15, -0.1) is 0 Å². The minimum Gasteiger partial charge on any atom is -0.397 e. The highest BCUT2D eigenvalue weighted by atomic mass is 14.9. The molecular weight excluding hydrogens is 186 g/mol. The van der Waals surface area contributed by atoms with E-state index in [-0.39, 0.29) is 0 Å². The first kappa shape index (κ1) is 11.1. The van der Waals surface area contributed by atoms with Crippen LogP contribution in [0.25, 0.3) is 0 Å². The van der Waals surface area contributed by atoms with Crippen LogP contribution < -0.4 is 16.0 Å². The van der Waals surface area contributed by atoms with Crippen LogP contribution in [0, 0.1) is 33.2 Å². The first-order valence-corrected chi connectivity index (χ1v) is 4.68. The summed E-state index contributed by atoms with van der Waals surface area (Å²) >= 11 is 0. The molecule has 1 rings (SSSR count). The van der Waals surface area contributed by atoms with E-state index in [9.17, 15) is 0 Å². The Morgan fingerprint density at radius 1 is 1.27 bits per heavy atom. The van der Waals surface area contributed by atoms with E-state index in [0.717, 1.165) is 28.1 Å². The van der Waals surface area contributed by atoms with E-state index in [1.165, 1.54) is 0 Å². The molecule has 0 saturated carbocycles. The lowest BCUT2D eigenvalue weighted by molar-refractivity contribution is -0.341. The molecule has 0 aliphatic heterocycles. The van der Waals surface area contributed by atoms with Crippen molar-refractivity contribution in [1.82, 2.24) is 0 Å². The van der Waals surface area contributed by atoms with Gasteiger partial charge in [0.2, 0.25) is 5.69 Å². The maximum absolute atomic E-state index is 5.99. The molecule has 3 heteroatoms. The summed E-state index contributed by atoms with van der Waals surface area (Å²) in [5.74, 6) is 0. The van der Waals surface area contributed by atoms with Gasteiger partial charge in [0.05, 0.1) is 5.69 Å². The number of nitrogen functional groups attached to an aromatic ring is 1. The van der Waals surface area contributed by atoms with E-state index in [2.05, 4.69) is 23.1 Å². The smallest absolute Gasteiger partial charge is 0.232 e. The van der Waals surface area contributed by atoms with Gasteiger partial charge >= 0.3 is 0 Å². The predicted octanol–water partition coefficient (Wildman–Crippen LogP) is 0.609. The van der Waals surface area contributed by atoms with Crippen LogP contribution in [0.2, 0.25) is 0 Å². The fraction of sp³-hybridized carbons (Fsp3) is 0.250. The summed E-state index contributed by atoms with van der Waals surface area (Å²) in [6, 6.07) is 2.38. The molecule has 0 saturated heterocycles. The molecule has 0 aliphatic carbocycles. The number of rotatable bonds is 2. The molecule has 0 radical (unpaired) electrons. The molecule has 3 nitrogen and oxygen atoms in total. The number of benzene rings is 1. The van der Waals surface area contributed by atoms with Crippen LogP contribution in [0.1, 0.15) is 16.7 Å². The number of anilines is 2. The molecular formula is C12H16N3+. The molecule has 0 spiro atoms. The Morgan fingerprint density at radius 2 is 1.87 bits per heavy atom. The fourth-order valence-electron chi connectivity index (χ4n) is 1.60. The van der Waals surface area contributed by atoms with Crippen LogP contribution in [0.3, 0.4) is 0 Å². The maximum atomic E-state index is 5.99. The summed E-state index contributed by atoms with van der Waals surface area (Å²) in [4.78, 5) is 2.87. The number of nitrogens with one attached hydrogen (secondary N) is 2. The molecule has 0 aliphatic rings. The van der Waals surface area contributed by atoms with E-state index in [1.54, 1.807) is 0 Å². The van der Waals surface area contributed by atoms with Crippen molar-refractivity contribution >= 4 is 23.8 Å². The van der Waals surface area contributed by atoms with E-state index in [0.29, 0.717) is 5.69 Å². The first-order valence-electron chi connectivity index (χ1n) is 4.68. The lowest BCUT2D eigenvalue weighted by Gasteiger charge is -2.13. The third-order valence-corrected chi connectivity index (χ3v) is 2.80. The van der Waals surface area contributed by atoms with Crippen molar-refractivity contribution in [1.29, 1.82) is 0 Å². The minimum absolute atomic E-state index is 0.669. The van der Waals surface area contributed by atoms with E-state index in [4.69, 9.17) is 12.2 Å². The summed E-state index contributed by atoms with van der Waals surface area (Å²) in [6.07, 6.45) is 5.23. The van der Waals surface area contributed by atoms with Crippen LogP contribution in [0.15, 0.2) is 0 Å². The second-order valence-corrected chi connectivity index (χ2v) is 3.48. The zero-order chi connectivity index (χ0) is 11.6. The fourth-order valence-corrected chi connectivity index (χ4v) is 1.60. The van der Waals surface area contributed by atoms with E-state index in [1.807, 2.05) is 20.8 Å². The highest BCUT2D eigenvalue weighted by molar-refractivity contribution is 5.84. The predicted molar refractivity (Wildman–Crippen MR) is 65.3 cm³/mol. The summed E-state index contributed by atoms with van der Waals surface area (Å²) in [7, 11) is 0. The number of hydrogen-bond donors (Lipinski definition) is 3. The molecule has 0 bridgehead atoms. The normalized spacial score (nSPS) is 9.47. The second kappa shape index (κ2) is 4.05. The van der Waals surface area contributed by atoms with Crippen molar-refractivity contribution < 1.29 is 4.99 Å². The third-order valence-electron chi connectivity index (χ3n) is 2.80. The van der Waals surface area contributed by atoms with Gasteiger partial charge < -0.3 is 11.1 Å². The number of hydrogen-bond acceptors (Lipinski definition) is 2. The summed E-state index contributed by atoms with van der Waals surface area (Å²) in [5, 5.41) is 2.80. The van der Waals surface area contributed by atoms with Crippen molar-refractivity contribution in [2.24, 2.45) is 0 Å². The van der Waals surface area contributed by atoms with Gasteiger partial charge in [-0.3, -0.25) is 0 Å². The maximum Gasteiger partial charge on any atom is 0.232 e. The zero-order valence-corrected chi connectivity index (χ0v) is 9.36. The molecule has 15 heavy (non-hydrogen) atoms. The molecule has 78 valence electrons. The van der Waals surface area contributed by atoms with Crippen LogP contribution in [0.4, 0.5) is 17.1 Å². The lowest BCUT2D eigenvalue weighted by Crippen LogP contribution is -2.58. The Kier molecular flexibility index (Phi) is 3.01. The van der Waals surface area contributed by atoms with Gasteiger partial charge in [0.15, 0.2) is 0 Å². The van der Waals surface area contributed by atoms with Crippen molar-refractivity contribution in [2.75, 3.05) is 11.1 Å². The number of nitrogens with two attached hydrogens (primary N) is 1. The van der Waals surface area contributed by atoms with E-state index < -0.39 is 0 Å². The summed E-state index contributed by atoms with van der Waals surface area (Å²) < 4.78 is 0. The molecule has 0 atom stereocenters. The Hall–Kier alpha value is -1.95. The lowest BCUT2D eigenvalue weighted by atomic mass is 9.99. The standard InChI is InChI=1S/C12H15N3/c1-6-15-12-10(13)8(3)7(2)9(4)11(12)14-5/h1,15H,5,13H2,2-4H3/p+1. The molecule has 0 unspecified atom stereocenters. The Bertz CT molecular complexity index is 453. The Balaban J connectivity index is 3.63. The van der Waals surface area contributed by atoms with Crippen molar-refractivity contribution in [3.63, 3.8) is 0 Å². The van der Waals surface area contributed by atoms with Gasteiger partial charge in [-0.05, 0) is 31.9 Å². The van der Waals surface area contributed by atoms with Gasteiger partial charge in [-0.25, -0.2) is 4.99 Å². The van der Waals surface area contributed by atoms with Crippen molar-refractivity contribution in [3.8, 4) is 12.5 Å². The third kappa shape index (κ3) is 1.66. The van der Waals surface area contributed by atoms with Crippen LogP contribution in [0.5, 0.6) is 0 Å². The van der Waals surface area contributed by atoms with Gasteiger partial charge in [0, 0.05) is 11.6 Å². The van der Waals surface area contributed by atoms with Crippen LogP contribution in [-0.2, 0) is 0 Å². The molecule has 1 aromatic rings. The van der Waals surface area contributed by atoms with Crippen molar-refractivity contribution in [3.05, 3.63) is 16.7 Å². The molecule has 0 fully saturated rings. The Labute approximate surface area is 90.4 Å². The molecule has 4 N–H and O–H groups in total. The average molecular weight is 202 g/mol. The van der Waals surface area contributed by atoms with Gasteiger partial charge in [0.1, 0.15) is 12.4 Å². The van der Waals surface area contributed by atoms with Crippen molar-refractivity contribution in [2.45, 2.75) is 20.8 Å². The molecule has 1 aromatic carbocycles. The second-order valence-electron chi connectivity index (χ2n) is 3.48. The summed E-state index contributed by atoms with van der Waals surface area (Å²) in [5.41, 5.74) is 11.5. The number of terminal acetylenes is 1. The van der Waals surface area contributed by atoms with Gasteiger partial charge in [0.25, 0.3) is 0 Å². The van der Waals surface area contributed by atoms with Crippen LogP contribution >= 0.6 is 0 Å². The average Bonchev–Trinajstić information content (AvgIpc) is 2.24. The highest BCUT2D eigenvalue weighted by Gasteiger charge is 2.18. The quantitative estimate of drug-likeness (QED) is 0.285. The Morgan fingerprint density at radius 3 is 2.33 bits per heavy atom. The van der Waals surface area contributed by atoms with Gasteiger partial charge in [-0.1, -0.05) is 6.42 Å². The largest absolute Gasteiger partial charge is 0.397 e. The SMILES string of the molecule is C#CNc1c(N)c(C)c(C)c(C)c1[NH+]=C. The monoisotopic (exact) mass is 202 g/mol. The van der Waals surface area contributed by atoms with E-state index >= 15 is 0 Å². The van der Waals surface area contributed by atoms with Gasteiger partial charge in [-0.2, -0.15) is 0 Å². The molecule has 0 amide bonds. The first-order chi connectivity index (χ1) is 7.04. The van der Waals surface area contributed by atoms with Crippen LogP contribution in [-0.4, -0.2) is 6.72 Å². The molecule has 0 heterocycles.